The van der Waals surface area contributed by atoms with Crippen LogP contribution in [0.25, 0.3) is 11.5 Å². The molecule has 0 unspecified atom stereocenters. The van der Waals surface area contributed by atoms with Crippen molar-refractivity contribution in [2.75, 3.05) is 5.73 Å². The summed E-state index contributed by atoms with van der Waals surface area (Å²) in [6, 6.07) is 5.61. The summed E-state index contributed by atoms with van der Waals surface area (Å²) in [6.07, 6.45) is 2.81. The number of nitrogens with two attached hydrogens (primary N) is 1. The summed E-state index contributed by atoms with van der Waals surface area (Å²) in [5.41, 5.74) is 8.58. The van der Waals surface area contributed by atoms with E-state index in [1.165, 1.54) is 12.6 Å². The lowest BCUT2D eigenvalue weighted by Crippen LogP contribution is -2.26. The summed E-state index contributed by atoms with van der Waals surface area (Å²) < 4.78 is 5.19. The van der Waals surface area contributed by atoms with Crippen LogP contribution in [0.3, 0.4) is 0 Å². The number of nitrogens with zero attached hydrogens (tertiary/aromatic N) is 4. The Labute approximate surface area is 138 Å². The van der Waals surface area contributed by atoms with E-state index in [1.807, 2.05) is 25.1 Å². The topological polar surface area (TPSA) is 120 Å². The summed E-state index contributed by atoms with van der Waals surface area (Å²) >= 11 is 0. The number of hydrogen-bond acceptors (Lipinski definition) is 7. The first-order valence-electron chi connectivity index (χ1n) is 7.28. The third-order valence-corrected chi connectivity index (χ3v) is 3.35. The molecule has 0 atom stereocenters. The zero-order chi connectivity index (χ0) is 17.1. The second-order valence-electron chi connectivity index (χ2n) is 5.21. The summed E-state index contributed by atoms with van der Waals surface area (Å²) in [7, 11) is 0. The summed E-state index contributed by atoms with van der Waals surface area (Å²) in [5.74, 6) is 0.0693. The number of aryl methyl sites for hydroxylation is 2. The number of oxazole rings is 1. The van der Waals surface area contributed by atoms with Gasteiger partial charge in [0.1, 0.15) is 5.69 Å². The molecule has 0 radical (unpaired) electrons. The third-order valence-electron chi connectivity index (χ3n) is 3.35. The molecule has 0 aliphatic rings. The smallest absolute Gasteiger partial charge is 0.274 e. The highest BCUT2D eigenvalue weighted by molar-refractivity contribution is 5.96. The average molecular weight is 324 g/mol. The van der Waals surface area contributed by atoms with Gasteiger partial charge in [0.05, 0.1) is 24.1 Å². The lowest BCUT2D eigenvalue weighted by atomic mass is 10.2. The minimum Gasteiger partial charge on any atom is -0.442 e. The zero-order valence-corrected chi connectivity index (χ0v) is 13.3. The molecule has 3 rings (SSSR count). The molecule has 0 saturated carbocycles. The van der Waals surface area contributed by atoms with Crippen molar-refractivity contribution in [2.24, 2.45) is 0 Å². The Balaban J connectivity index is 1.79. The molecule has 0 aromatic carbocycles. The van der Waals surface area contributed by atoms with Crippen LogP contribution >= 0.6 is 0 Å². The molecule has 0 spiro atoms. The third kappa shape index (κ3) is 3.22. The Kier molecular flexibility index (Phi) is 4.19. The maximum absolute atomic E-state index is 12.3. The zero-order valence-electron chi connectivity index (χ0n) is 13.3. The molecule has 3 aromatic rings. The van der Waals surface area contributed by atoms with E-state index in [-0.39, 0.29) is 18.1 Å². The quantitative estimate of drug-likeness (QED) is 0.748. The van der Waals surface area contributed by atoms with Gasteiger partial charge < -0.3 is 15.5 Å². The summed E-state index contributed by atoms with van der Waals surface area (Å²) in [5, 5.41) is 2.75. The van der Waals surface area contributed by atoms with Gasteiger partial charge >= 0.3 is 0 Å². The van der Waals surface area contributed by atoms with E-state index in [9.17, 15) is 4.79 Å². The van der Waals surface area contributed by atoms with Crippen molar-refractivity contribution in [2.45, 2.75) is 20.4 Å². The second kappa shape index (κ2) is 6.45. The SMILES string of the molecule is Cc1cccc(CNC(=O)c2nc(C)c(-c3cnco3)nc2N)n1. The number of hydrogen-bond donors (Lipinski definition) is 2. The molecule has 0 aliphatic carbocycles. The Morgan fingerprint density at radius 3 is 2.79 bits per heavy atom. The molecule has 0 aliphatic heterocycles. The number of nitrogen functional groups attached to an aromatic ring is 1. The van der Waals surface area contributed by atoms with Gasteiger partial charge in [-0.3, -0.25) is 9.78 Å². The van der Waals surface area contributed by atoms with Crippen molar-refractivity contribution in [3.8, 4) is 11.5 Å². The van der Waals surface area contributed by atoms with Crippen LogP contribution < -0.4 is 11.1 Å². The van der Waals surface area contributed by atoms with Gasteiger partial charge in [0, 0.05) is 5.69 Å². The molecule has 0 saturated heterocycles. The average Bonchev–Trinajstić information content (AvgIpc) is 3.08. The predicted molar refractivity (Wildman–Crippen MR) is 86.8 cm³/mol. The molecule has 0 fully saturated rings. The number of carbonyl (C=O) groups is 1. The Morgan fingerprint density at radius 1 is 1.25 bits per heavy atom. The molecule has 0 bridgehead atoms. The van der Waals surface area contributed by atoms with Crippen LogP contribution in [-0.4, -0.2) is 25.8 Å². The predicted octanol–water partition coefficient (Wildman–Crippen LogP) is 1.66. The largest absolute Gasteiger partial charge is 0.442 e. The number of nitrogens with one attached hydrogen (secondary N) is 1. The van der Waals surface area contributed by atoms with Crippen LogP contribution in [0.2, 0.25) is 0 Å². The highest BCUT2D eigenvalue weighted by atomic mass is 16.3. The minimum absolute atomic E-state index is 0.0294. The second-order valence-corrected chi connectivity index (χ2v) is 5.21. The van der Waals surface area contributed by atoms with Crippen LogP contribution in [0.4, 0.5) is 5.82 Å². The van der Waals surface area contributed by atoms with E-state index in [4.69, 9.17) is 10.2 Å². The molecule has 3 aromatic heterocycles. The van der Waals surface area contributed by atoms with Crippen molar-refractivity contribution in [1.82, 2.24) is 25.3 Å². The van der Waals surface area contributed by atoms with Gasteiger partial charge in [0.15, 0.2) is 23.7 Å². The minimum atomic E-state index is -0.407. The molecule has 8 nitrogen and oxygen atoms in total. The standard InChI is InChI=1S/C16H16N6O2/c1-9-4-3-5-11(20-9)6-19-16(23)14-15(17)22-13(10(2)21-14)12-7-18-8-24-12/h3-5,7-8H,6H2,1-2H3,(H2,17,22)(H,19,23). The molecule has 24 heavy (non-hydrogen) atoms. The van der Waals surface area contributed by atoms with E-state index in [1.54, 1.807) is 6.92 Å². The van der Waals surface area contributed by atoms with Crippen LogP contribution in [0.1, 0.15) is 27.6 Å². The van der Waals surface area contributed by atoms with E-state index >= 15 is 0 Å². The van der Waals surface area contributed by atoms with Gasteiger partial charge in [-0.25, -0.2) is 15.0 Å². The first-order chi connectivity index (χ1) is 11.5. The van der Waals surface area contributed by atoms with Crippen molar-refractivity contribution in [3.05, 3.63) is 53.6 Å². The van der Waals surface area contributed by atoms with Gasteiger partial charge in [0.2, 0.25) is 0 Å². The van der Waals surface area contributed by atoms with Crippen LogP contribution in [0, 0.1) is 13.8 Å². The van der Waals surface area contributed by atoms with Gasteiger partial charge in [-0.1, -0.05) is 6.07 Å². The normalized spacial score (nSPS) is 10.6. The number of pyridine rings is 1. The number of aromatic nitrogens is 4. The van der Waals surface area contributed by atoms with Crippen LogP contribution in [0.15, 0.2) is 35.2 Å². The first kappa shape index (κ1) is 15.6. The molecule has 1 amide bonds. The van der Waals surface area contributed by atoms with Gasteiger partial charge in [0.25, 0.3) is 5.91 Å². The Bertz CT molecular complexity index is 876. The number of anilines is 1. The van der Waals surface area contributed by atoms with E-state index < -0.39 is 5.91 Å². The maximum atomic E-state index is 12.3. The fourth-order valence-corrected chi connectivity index (χ4v) is 2.22. The summed E-state index contributed by atoms with van der Waals surface area (Å²) in [4.78, 5) is 28.9. The molecular weight excluding hydrogens is 308 g/mol. The Hall–Kier alpha value is -3.29. The lowest BCUT2D eigenvalue weighted by Gasteiger charge is -2.09. The fourth-order valence-electron chi connectivity index (χ4n) is 2.22. The van der Waals surface area contributed by atoms with Crippen LogP contribution in [0.5, 0.6) is 0 Å². The molecular formula is C16H16N6O2. The van der Waals surface area contributed by atoms with E-state index in [2.05, 4.69) is 25.3 Å². The Morgan fingerprint density at radius 2 is 2.08 bits per heavy atom. The van der Waals surface area contributed by atoms with Crippen molar-refractivity contribution in [1.29, 1.82) is 0 Å². The number of rotatable bonds is 4. The van der Waals surface area contributed by atoms with Gasteiger partial charge in [-0.15, -0.1) is 0 Å². The monoisotopic (exact) mass is 324 g/mol. The molecule has 3 heterocycles. The lowest BCUT2D eigenvalue weighted by molar-refractivity contribution is 0.0946. The van der Waals surface area contributed by atoms with E-state index in [0.717, 1.165) is 11.4 Å². The number of carbonyl (C=O) groups excluding carboxylic acids is 1. The highest BCUT2D eigenvalue weighted by Crippen LogP contribution is 2.21. The first-order valence-corrected chi connectivity index (χ1v) is 7.28. The fraction of sp³-hybridized carbons (Fsp3) is 0.188. The van der Waals surface area contributed by atoms with Gasteiger partial charge in [-0.2, -0.15) is 0 Å². The highest BCUT2D eigenvalue weighted by Gasteiger charge is 2.18. The van der Waals surface area contributed by atoms with Crippen LogP contribution in [-0.2, 0) is 6.54 Å². The van der Waals surface area contributed by atoms with E-state index in [0.29, 0.717) is 17.1 Å². The van der Waals surface area contributed by atoms with Crippen molar-refractivity contribution in [3.63, 3.8) is 0 Å². The molecule has 8 heteroatoms. The maximum Gasteiger partial charge on any atom is 0.274 e. The number of amides is 1. The summed E-state index contributed by atoms with van der Waals surface area (Å²) in [6.45, 7) is 3.90. The van der Waals surface area contributed by atoms with Gasteiger partial charge in [-0.05, 0) is 26.0 Å². The van der Waals surface area contributed by atoms with Crippen molar-refractivity contribution >= 4 is 11.7 Å². The molecule has 122 valence electrons. The molecule has 3 N–H and O–H groups in total. The van der Waals surface area contributed by atoms with Crippen molar-refractivity contribution < 1.29 is 9.21 Å².